The van der Waals surface area contributed by atoms with Crippen molar-refractivity contribution in [1.82, 2.24) is 9.88 Å². The topological polar surface area (TPSA) is 54.3 Å². The van der Waals surface area contributed by atoms with Crippen LogP contribution >= 0.6 is 0 Å². The molecule has 1 saturated heterocycles. The number of hydrogen-bond acceptors (Lipinski definition) is 2. The van der Waals surface area contributed by atoms with Gasteiger partial charge in [-0.3, -0.25) is 9.59 Å². The van der Waals surface area contributed by atoms with E-state index in [1.807, 2.05) is 36.7 Å². The van der Waals surface area contributed by atoms with Crippen LogP contribution in [0.5, 0.6) is 0 Å². The third-order valence-corrected chi connectivity index (χ3v) is 5.28. The molecular formula is C22H22FN3O2. The smallest absolute Gasteiger partial charge is 0.270 e. The summed E-state index contributed by atoms with van der Waals surface area (Å²) in [6.45, 7) is 2.67. The quantitative estimate of drug-likeness (QED) is 0.752. The summed E-state index contributed by atoms with van der Waals surface area (Å²) in [4.78, 5) is 27.3. The molecule has 28 heavy (non-hydrogen) atoms. The van der Waals surface area contributed by atoms with Crippen LogP contribution in [0.1, 0.15) is 34.5 Å². The van der Waals surface area contributed by atoms with E-state index in [2.05, 4.69) is 5.32 Å². The zero-order valence-corrected chi connectivity index (χ0v) is 16.0. The molecule has 6 heteroatoms. The molecule has 3 aromatic rings. The van der Waals surface area contributed by atoms with Crippen molar-refractivity contribution in [1.29, 1.82) is 0 Å². The maximum atomic E-state index is 13.9. The highest BCUT2D eigenvalue weighted by Crippen LogP contribution is 2.36. The van der Waals surface area contributed by atoms with Crippen LogP contribution in [0.15, 0.2) is 42.5 Å². The zero-order valence-electron chi connectivity index (χ0n) is 16.0. The van der Waals surface area contributed by atoms with Gasteiger partial charge in [0, 0.05) is 37.5 Å². The molecule has 1 fully saturated rings. The van der Waals surface area contributed by atoms with Crippen molar-refractivity contribution in [2.75, 3.05) is 11.4 Å². The number of anilines is 1. The van der Waals surface area contributed by atoms with Gasteiger partial charge in [0.15, 0.2) is 0 Å². The first kappa shape index (κ1) is 18.2. The molecule has 1 aromatic heterocycles. The van der Waals surface area contributed by atoms with Gasteiger partial charge in [-0.05, 0) is 31.5 Å². The summed E-state index contributed by atoms with van der Waals surface area (Å²) in [6, 6.07) is 12.3. The van der Waals surface area contributed by atoms with Crippen molar-refractivity contribution in [3.63, 3.8) is 0 Å². The van der Waals surface area contributed by atoms with E-state index in [-0.39, 0.29) is 24.2 Å². The van der Waals surface area contributed by atoms with Gasteiger partial charge in [-0.15, -0.1) is 0 Å². The number of rotatable bonds is 4. The second kappa shape index (κ2) is 7.11. The highest BCUT2D eigenvalue weighted by Gasteiger charge is 2.31. The van der Waals surface area contributed by atoms with Gasteiger partial charge < -0.3 is 14.8 Å². The number of halogens is 1. The van der Waals surface area contributed by atoms with Crippen LogP contribution < -0.4 is 10.2 Å². The number of carbonyl (C=O) groups excluding carboxylic acids is 2. The molecule has 0 atom stereocenters. The molecule has 2 amide bonds. The number of nitrogens with zero attached hydrogens (tertiary/aromatic N) is 2. The summed E-state index contributed by atoms with van der Waals surface area (Å²) in [7, 11) is 1.82. The number of fused-ring (bicyclic) bond motifs is 1. The number of amides is 2. The number of aromatic nitrogens is 1. The van der Waals surface area contributed by atoms with E-state index in [9.17, 15) is 14.0 Å². The van der Waals surface area contributed by atoms with Crippen LogP contribution in [0.25, 0.3) is 10.9 Å². The Labute approximate surface area is 162 Å². The molecular weight excluding hydrogens is 357 g/mol. The van der Waals surface area contributed by atoms with Gasteiger partial charge in [-0.2, -0.15) is 0 Å². The molecule has 144 valence electrons. The van der Waals surface area contributed by atoms with Crippen LogP contribution in [0.2, 0.25) is 0 Å². The molecule has 0 aliphatic carbocycles. The normalized spacial score (nSPS) is 14.1. The first-order valence-corrected chi connectivity index (χ1v) is 9.38. The first-order valence-electron chi connectivity index (χ1n) is 9.38. The summed E-state index contributed by atoms with van der Waals surface area (Å²) in [5, 5.41) is 3.70. The monoisotopic (exact) mass is 379 g/mol. The largest absolute Gasteiger partial charge is 0.347 e. The maximum absolute atomic E-state index is 13.9. The second-order valence-electron chi connectivity index (χ2n) is 7.20. The van der Waals surface area contributed by atoms with E-state index >= 15 is 0 Å². The standard InChI is InChI=1S/C22H22FN3O2/c1-14-9-10-18-16(12-14)20(26-11-5-8-19(26)27)21(25(18)2)22(28)24-13-15-6-3-4-7-17(15)23/h3-4,6-7,9-10,12H,5,8,11,13H2,1-2H3,(H,24,28). The molecule has 0 bridgehead atoms. The van der Waals surface area contributed by atoms with Crippen molar-refractivity contribution >= 4 is 28.4 Å². The molecule has 0 spiro atoms. The third kappa shape index (κ3) is 3.05. The van der Waals surface area contributed by atoms with Gasteiger partial charge in [0.25, 0.3) is 5.91 Å². The van der Waals surface area contributed by atoms with Gasteiger partial charge >= 0.3 is 0 Å². The van der Waals surface area contributed by atoms with E-state index in [1.54, 1.807) is 23.1 Å². The molecule has 5 nitrogen and oxygen atoms in total. The van der Waals surface area contributed by atoms with Crippen molar-refractivity contribution < 1.29 is 14.0 Å². The van der Waals surface area contributed by atoms with E-state index < -0.39 is 0 Å². The highest BCUT2D eigenvalue weighted by molar-refractivity contribution is 6.14. The van der Waals surface area contributed by atoms with Gasteiger partial charge in [0.05, 0.1) is 11.2 Å². The fourth-order valence-corrected chi connectivity index (χ4v) is 3.86. The van der Waals surface area contributed by atoms with Crippen LogP contribution in [-0.2, 0) is 18.4 Å². The number of carbonyl (C=O) groups is 2. The number of hydrogen-bond donors (Lipinski definition) is 1. The minimum Gasteiger partial charge on any atom is -0.347 e. The molecule has 0 radical (unpaired) electrons. The Hall–Kier alpha value is -3.15. The Kier molecular flexibility index (Phi) is 4.63. The number of benzene rings is 2. The van der Waals surface area contributed by atoms with Crippen LogP contribution in [0.4, 0.5) is 10.1 Å². The van der Waals surface area contributed by atoms with Crippen molar-refractivity contribution in [3.05, 3.63) is 65.1 Å². The van der Waals surface area contributed by atoms with Crippen LogP contribution in [-0.4, -0.2) is 22.9 Å². The predicted molar refractivity (Wildman–Crippen MR) is 107 cm³/mol. The highest BCUT2D eigenvalue weighted by atomic mass is 19.1. The average molecular weight is 379 g/mol. The Bertz CT molecular complexity index is 1090. The molecule has 0 unspecified atom stereocenters. The molecule has 4 rings (SSSR count). The van der Waals surface area contributed by atoms with Gasteiger partial charge in [0.2, 0.25) is 5.91 Å². The molecule has 1 aliphatic rings. The second-order valence-corrected chi connectivity index (χ2v) is 7.20. The number of aryl methyl sites for hydroxylation is 2. The number of nitrogens with one attached hydrogen (secondary N) is 1. The Morgan fingerprint density at radius 2 is 2.00 bits per heavy atom. The summed E-state index contributed by atoms with van der Waals surface area (Å²) in [5.74, 6) is -0.656. The maximum Gasteiger partial charge on any atom is 0.270 e. The third-order valence-electron chi connectivity index (χ3n) is 5.28. The van der Waals surface area contributed by atoms with E-state index in [0.717, 1.165) is 22.9 Å². The van der Waals surface area contributed by atoms with Crippen molar-refractivity contribution in [3.8, 4) is 0 Å². The lowest BCUT2D eigenvalue weighted by molar-refractivity contribution is -0.117. The lowest BCUT2D eigenvalue weighted by Gasteiger charge is -2.18. The van der Waals surface area contributed by atoms with Gasteiger partial charge in [0.1, 0.15) is 11.5 Å². The average Bonchev–Trinajstić information content (AvgIpc) is 3.21. The van der Waals surface area contributed by atoms with Crippen LogP contribution in [0, 0.1) is 12.7 Å². The SMILES string of the molecule is Cc1ccc2c(c1)c(N1CCCC1=O)c(C(=O)NCc1ccccc1F)n2C. The molecule has 1 aliphatic heterocycles. The van der Waals surface area contributed by atoms with E-state index in [4.69, 9.17) is 0 Å². The fraction of sp³-hybridized carbons (Fsp3) is 0.273. The summed E-state index contributed by atoms with van der Waals surface area (Å²) >= 11 is 0. The van der Waals surface area contributed by atoms with Gasteiger partial charge in [-0.1, -0.05) is 29.8 Å². The summed E-state index contributed by atoms with van der Waals surface area (Å²) in [6.07, 6.45) is 1.26. The minimum absolute atomic E-state index is 0.0251. The lowest BCUT2D eigenvalue weighted by Crippen LogP contribution is -2.30. The Morgan fingerprint density at radius 3 is 2.71 bits per heavy atom. The molecule has 2 heterocycles. The summed E-state index contributed by atoms with van der Waals surface area (Å²) < 4.78 is 15.7. The predicted octanol–water partition coefficient (Wildman–Crippen LogP) is 3.68. The van der Waals surface area contributed by atoms with E-state index in [1.165, 1.54) is 6.07 Å². The van der Waals surface area contributed by atoms with Crippen molar-refractivity contribution in [2.45, 2.75) is 26.3 Å². The molecule has 1 N–H and O–H groups in total. The Morgan fingerprint density at radius 1 is 1.21 bits per heavy atom. The fourth-order valence-electron chi connectivity index (χ4n) is 3.86. The summed E-state index contributed by atoms with van der Waals surface area (Å²) in [5.41, 5.74) is 3.44. The first-order chi connectivity index (χ1) is 13.5. The van der Waals surface area contributed by atoms with Gasteiger partial charge in [-0.25, -0.2) is 4.39 Å². The Balaban J connectivity index is 1.77. The minimum atomic E-state index is -0.356. The van der Waals surface area contributed by atoms with E-state index in [0.29, 0.717) is 29.9 Å². The molecule has 2 aromatic carbocycles. The lowest BCUT2D eigenvalue weighted by atomic mass is 10.1. The van der Waals surface area contributed by atoms with Crippen molar-refractivity contribution in [2.24, 2.45) is 7.05 Å². The zero-order chi connectivity index (χ0) is 19.8. The van der Waals surface area contributed by atoms with Crippen LogP contribution in [0.3, 0.4) is 0 Å². The molecule has 0 saturated carbocycles.